The Morgan fingerprint density at radius 3 is 2.30 bits per heavy atom. The molecule has 4 heteroatoms. The molecule has 0 bridgehead atoms. The summed E-state index contributed by atoms with van der Waals surface area (Å²) in [6.45, 7) is 1.11. The topological polar surface area (TPSA) is 30.9 Å². The Morgan fingerprint density at radius 1 is 0.889 bits per heavy atom. The highest BCUT2D eigenvalue weighted by molar-refractivity contribution is 5.86. The molecule has 0 radical (unpaired) electrons. The minimum atomic E-state index is 0.633. The molecule has 27 heavy (non-hydrogen) atoms. The van der Waals surface area contributed by atoms with Crippen LogP contribution in [-0.2, 0) is 12.8 Å². The number of likely N-dealkylation sites (N-methyl/N-ethyl adjacent to an activating group) is 1. The molecule has 0 aromatic heterocycles. The first-order chi connectivity index (χ1) is 13.2. The van der Waals surface area contributed by atoms with Crippen LogP contribution < -0.4 is 19.1 Å². The van der Waals surface area contributed by atoms with Gasteiger partial charge in [-0.25, -0.2) is 0 Å². The normalized spacial score (nSPS) is 15.6. The van der Waals surface area contributed by atoms with Crippen molar-refractivity contribution in [3.63, 3.8) is 0 Å². The number of anilines is 1. The Kier molecular flexibility index (Phi) is 4.73. The smallest absolute Gasteiger partial charge is 0.203 e. The van der Waals surface area contributed by atoms with Crippen LogP contribution in [-0.4, -0.2) is 34.9 Å². The molecule has 2 aromatic rings. The van der Waals surface area contributed by atoms with E-state index in [1.165, 1.54) is 34.4 Å². The molecule has 0 saturated carbocycles. The maximum atomic E-state index is 5.58. The number of hydrogen-bond donors (Lipinski definition) is 0. The first-order valence-corrected chi connectivity index (χ1v) is 9.54. The molecule has 1 aliphatic carbocycles. The fourth-order valence-electron chi connectivity index (χ4n) is 4.40. The van der Waals surface area contributed by atoms with Gasteiger partial charge in [0, 0.05) is 19.3 Å². The summed E-state index contributed by atoms with van der Waals surface area (Å²) in [5, 5.41) is 0. The fourth-order valence-corrected chi connectivity index (χ4v) is 4.40. The first kappa shape index (κ1) is 17.8. The van der Waals surface area contributed by atoms with Crippen LogP contribution in [0.4, 0.5) is 5.69 Å². The fraction of sp³-hybridized carbons (Fsp3) is 0.391. The summed E-state index contributed by atoms with van der Waals surface area (Å²) in [6.07, 6.45) is 6.89. The van der Waals surface area contributed by atoms with Crippen LogP contribution in [0.5, 0.6) is 17.2 Å². The van der Waals surface area contributed by atoms with Gasteiger partial charge in [0.05, 0.1) is 21.3 Å². The number of ether oxygens (including phenoxy) is 3. The Hall–Kier alpha value is -2.62. The van der Waals surface area contributed by atoms with Crippen molar-refractivity contribution in [2.75, 3.05) is 39.8 Å². The van der Waals surface area contributed by atoms with Gasteiger partial charge >= 0.3 is 0 Å². The zero-order valence-corrected chi connectivity index (χ0v) is 16.6. The Bertz CT molecular complexity index is 876. The molecule has 0 amide bonds. The van der Waals surface area contributed by atoms with Gasteiger partial charge in [-0.2, -0.15) is 0 Å². The minimum Gasteiger partial charge on any atom is -0.493 e. The highest BCUT2D eigenvalue weighted by Crippen LogP contribution is 2.44. The Labute approximate surface area is 161 Å². The van der Waals surface area contributed by atoms with Crippen molar-refractivity contribution in [2.24, 2.45) is 0 Å². The van der Waals surface area contributed by atoms with Gasteiger partial charge in [0.2, 0.25) is 5.75 Å². The van der Waals surface area contributed by atoms with E-state index in [2.05, 4.69) is 42.3 Å². The van der Waals surface area contributed by atoms with Crippen molar-refractivity contribution in [1.29, 1.82) is 0 Å². The summed E-state index contributed by atoms with van der Waals surface area (Å²) in [6, 6.07) is 8.68. The van der Waals surface area contributed by atoms with Gasteiger partial charge in [0.25, 0.3) is 0 Å². The molecule has 0 fully saturated rings. The minimum absolute atomic E-state index is 0.633. The van der Waals surface area contributed by atoms with Gasteiger partial charge in [-0.15, -0.1) is 0 Å². The zero-order chi connectivity index (χ0) is 19.0. The molecular weight excluding hydrogens is 338 g/mol. The second-order valence-corrected chi connectivity index (χ2v) is 7.18. The van der Waals surface area contributed by atoms with Crippen LogP contribution in [0.2, 0.25) is 0 Å². The molecule has 2 aliphatic rings. The van der Waals surface area contributed by atoms with Crippen molar-refractivity contribution in [2.45, 2.75) is 25.7 Å². The van der Waals surface area contributed by atoms with Crippen LogP contribution in [0.15, 0.2) is 30.3 Å². The largest absolute Gasteiger partial charge is 0.493 e. The predicted octanol–water partition coefficient (Wildman–Crippen LogP) is 4.47. The van der Waals surface area contributed by atoms with E-state index in [9.17, 15) is 0 Å². The lowest BCUT2D eigenvalue weighted by molar-refractivity contribution is 0.324. The summed E-state index contributed by atoms with van der Waals surface area (Å²) in [5.74, 6) is 2.02. The summed E-state index contributed by atoms with van der Waals surface area (Å²) < 4.78 is 16.6. The summed E-state index contributed by atoms with van der Waals surface area (Å²) >= 11 is 0. The molecule has 4 rings (SSSR count). The number of fused-ring (bicyclic) bond motifs is 3. The van der Waals surface area contributed by atoms with E-state index in [1.807, 2.05) is 0 Å². The quantitative estimate of drug-likeness (QED) is 0.800. The molecule has 0 spiro atoms. The van der Waals surface area contributed by atoms with Gasteiger partial charge in [-0.3, -0.25) is 0 Å². The molecule has 0 saturated heterocycles. The molecule has 0 N–H and O–H groups in total. The van der Waals surface area contributed by atoms with Gasteiger partial charge in [-0.05, 0) is 71.7 Å². The number of rotatable bonds is 4. The zero-order valence-electron chi connectivity index (χ0n) is 16.6. The van der Waals surface area contributed by atoms with E-state index in [0.29, 0.717) is 17.2 Å². The number of benzene rings is 2. The Balaban J connectivity index is 1.88. The third-order valence-electron chi connectivity index (χ3n) is 5.76. The molecule has 142 valence electrons. The summed E-state index contributed by atoms with van der Waals surface area (Å²) in [7, 11) is 7.16. The highest BCUT2D eigenvalue weighted by Gasteiger charge is 2.25. The predicted molar refractivity (Wildman–Crippen MR) is 110 cm³/mol. The van der Waals surface area contributed by atoms with Crippen molar-refractivity contribution in [1.82, 2.24) is 0 Å². The van der Waals surface area contributed by atoms with Crippen LogP contribution in [0.25, 0.3) is 5.57 Å². The van der Waals surface area contributed by atoms with E-state index in [1.54, 1.807) is 21.3 Å². The number of methoxy groups -OCH3 is 3. The molecular formula is C23H27NO3. The van der Waals surface area contributed by atoms with Crippen molar-refractivity contribution < 1.29 is 14.2 Å². The maximum Gasteiger partial charge on any atom is 0.203 e. The molecule has 0 atom stereocenters. The van der Waals surface area contributed by atoms with E-state index in [-0.39, 0.29) is 0 Å². The number of allylic oxidation sites excluding steroid dienone is 1. The summed E-state index contributed by atoms with van der Waals surface area (Å²) in [5.41, 5.74) is 8.14. The maximum absolute atomic E-state index is 5.58. The lowest BCUT2D eigenvalue weighted by Gasteiger charge is -2.19. The van der Waals surface area contributed by atoms with Crippen LogP contribution in [0.3, 0.4) is 0 Å². The van der Waals surface area contributed by atoms with E-state index >= 15 is 0 Å². The standard InChI is InChI=1S/C23H27NO3/c1-24-12-11-19-17-8-6-5-7-16(18(17)9-10-20(19)24)15-13-21(25-2)23(27-4)22(14-15)26-3/h7,9-10,13-14H,5-6,8,11-12H2,1-4H3. The monoisotopic (exact) mass is 365 g/mol. The number of hydrogen-bond acceptors (Lipinski definition) is 4. The third kappa shape index (κ3) is 2.93. The average Bonchev–Trinajstić information content (AvgIpc) is 2.94. The van der Waals surface area contributed by atoms with Gasteiger partial charge < -0.3 is 19.1 Å². The molecule has 4 nitrogen and oxygen atoms in total. The van der Waals surface area contributed by atoms with Crippen molar-refractivity contribution in [3.05, 3.63) is 52.6 Å². The molecule has 1 heterocycles. The van der Waals surface area contributed by atoms with Crippen molar-refractivity contribution >= 4 is 11.3 Å². The van der Waals surface area contributed by atoms with Crippen molar-refractivity contribution in [3.8, 4) is 17.2 Å². The lowest BCUT2D eigenvalue weighted by Crippen LogP contribution is -2.12. The second-order valence-electron chi connectivity index (χ2n) is 7.18. The van der Waals surface area contributed by atoms with Crippen LogP contribution in [0.1, 0.15) is 35.1 Å². The highest BCUT2D eigenvalue weighted by atomic mass is 16.5. The van der Waals surface area contributed by atoms with Gasteiger partial charge in [0.1, 0.15) is 0 Å². The molecule has 0 unspecified atom stereocenters. The number of nitrogens with zero attached hydrogens (tertiary/aromatic N) is 1. The van der Waals surface area contributed by atoms with Gasteiger partial charge in [0.15, 0.2) is 11.5 Å². The molecule has 1 aliphatic heterocycles. The van der Waals surface area contributed by atoms with E-state index < -0.39 is 0 Å². The van der Waals surface area contributed by atoms with E-state index in [4.69, 9.17) is 14.2 Å². The van der Waals surface area contributed by atoms with E-state index in [0.717, 1.165) is 31.4 Å². The van der Waals surface area contributed by atoms with Gasteiger partial charge in [-0.1, -0.05) is 12.1 Å². The first-order valence-electron chi connectivity index (χ1n) is 9.54. The SMILES string of the molecule is COc1cc(C2=CCCCc3c2ccc2c3CCN2C)cc(OC)c1OC. The summed E-state index contributed by atoms with van der Waals surface area (Å²) in [4.78, 5) is 2.36. The van der Waals surface area contributed by atoms with Crippen LogP contribution in [0, 0.1) is 0 Å². The third-order valence-corrected chi connectivity index (χ3v) is 5.76. The van der Waals surface area contributed by atoms with Crippen LogP contribution >= 0.6 is 0 Å². The average molecular weight is 365 g/mol. The second kappa shape index (κ2) is 7.18. The lowest BCUT2D eigenvalue weighted by atomic mass is 9.89. The molecule has 2 aromatic carbocycles. The Morgan fingerprint density at radius 2 is 1.63 bits per heavy atom.